The molecule has 2 bridgehead atoms. The van der Waals surface area contributed by atoms with E-state index in [4.69, 9.17) is 4.74 Å². The molecule has 0 radical (unpaired) electrons. The largest absolute Gasteiger partial charge is 0.498 e. The summed E-state index contributed by atoms with van der Waals surface area (Å²) in [7, 11) is 0. The van der Waals surface area contributed by atoms with E-state index in [0.717, 1.165) is 17.8 Å². The quantitative estimate of drug-likeness (QED) is 0.515. The molecule has 0 aromatic carbocycles. The van der Waals surface area contributed by atoms with Crippen LogP contribution in [0.1, 0.15) is 25.7 Å². The third kappa shape index (κ3) is 0.715. The Morgan fingerprint density at radius 2 is 2.09 bits per heavy atom. The van der Waals surface area contributed by atoms with Crippen LogP contribution in [0.3, 0.4) is 0 Å². The van der Waals surface area contributed by atoms with Crippen molar-refractivity contribution in [1.29, 1.82) is 0 Å². The van der Waals surface area contributed by atoms with Gasteiger partial charge in [0.2, 0.25) is 0 Å². The van der Waals surface area contributed by atoms with Crippen LogP contribution in [-0.2, 0) is 4.74 Å². The first kappa shape index (κ1) is 6.10. The van der Waals surface area contributed by atoms with Gasteiger partial charge in [0.25, 0.3) is 0 Å². The van der Waals surface area contributed by atoms with Crippen LogP contribution in [0.4, 0.5) is 0 Å². The van der Waals surface area contributed by atoms with Gasteiger partial charge in [-0.2, -0.15) is 0 Å². The highest BCUT2D eigenvalue weighted by molar-refractivity contribution is 5.03. The monoisotopic (exact) mass is 150 g/mol. The molecule has 2 aliphatic carbocycles. The molecule has 0 unspecified atom stereocenters. The maximum absolute atomic E-state index is 5.66. The average Bonchev–Trinajstić information content (AvgIpc) is 2.64. The summed E-state index contributed by atoms with van der Waals surface area (Å²) < 4.78 is 5.66. The van der Waals surface area contributed by atoms with Crippen molar-refractivity contribution < 1.29 is 4.74 Å². The molecule has 3 aliphatic rings. The number of allylic oxidation sites excluding steroid dienone is 1. The van der Waals surface area contributed by atoms with Crippen molar-refractivity contribution in [3.63, 3.8) is 0 Å². The third-order valence-electron chi connectivity index (χ3n) is 3.75. The van der Waals surface area contributed by atoms with E-state index < -0.39 is 0 Å². The molecule has 0 aromatic rings. The third-order valence-corrected chi connectivity index (χ3v) is 3.75. The molecule has 0 spiro atoms. The van der Waals surface area contributed by atoms with Gasteiger partial charge in [0, 0.05) is 5.92 Å². The van der Waals surface area contributed by atoms with E-state index in [2.05, 4.69) is 6.08 Å². The molecule has 2 saturated carbocycles. The smallest absolute Gasteiger partial charge is 0.104 e. The standard InChI is InChI=1S/C10H14O/c1-2-9-7-3-4-8(6-7)10(9)11-5-1/h1,5,7-10H,2-4,6H2/t7-,8+,9+,10-/m0/s1. The van der Waals surface area contributed by atoms with E-state index in [9.17, 15) is 0 Å². The summed E-state index contributed by atoms with van der Waals surface area (Å²) in [4.78, 5) is 0. The number of ether oxygens (including phenoxy) is 1. The molecular weight excluding hydrogens is 136 g/mol. The van der Waals surface area contributed by atoms with Gasteiger partial charge in [-0.25, -0.2) is 0 Å². The maximum Gasteiger partial charge on any atom is 0.104 e. The number of hydrogen-bond acceptors (Lipinski definition) is 1. The second-order valence-corrected chi connectivity index (χ2v) is 4.21. The van der Waals surface area contributed by atoms with Crippen molar-refractivity contribution in [3.8, 4) is 0 Å². The lowest BCUT2D eigenvalue weighted by Gasteiger charge is -2.32. The van der Waals surface area contributed by atoms with Gasteiger partial charge in [0.05, 0.1) is 6.26 Å². The zero-order valence-corrected chi connectivity index (χ0v) is 6.70. The predicted octanol–water partition coefficient (Wildman–Crippen LogP) is 2.34. The minimum atomic E-state index is 0.610. The zero-order chi connectivity index (χ0) is 7.26. The van der Waals surface area contributed by atoms with E-state index in [-0.39, 0.29) is 0 Å². The van der Waals surface area contributed by atoms with E-state index in [1.165, 1.54) is 25.7 Å². The average molecular weight is 150 g/mol. The molecule has 0 saturated heterocycles. The van der Waals surface area contributed by atoms with Crippen LogP contribution in [0.5, 0.6) is 0 Å². The lowest BCUT2D eigenvalue weighted by atomic mass is 9.83. The van der Waals surface area contributed by atoms with Crippen LogP contribution < -0.4 is 0 Å². The molecule has 3 rings (SSSR count). The van der Waals surface area contributed by atoms with E-state index in [1.807, 2.05) is 6.26 Å². The van der Waals surface area contributed by atoms with Crippen LogP contribution in [0.15, 0.2) is 12.3 Å². The molecule has 1 nitrogen and oxygen atoms in total. The molecule has 4 atom stereocenters. The molecular formula is C10H14O. The van der Waals surface area contributed by atoms with E-state index in [1.54, 1.807) is 0 Å². The van der Waals surface area contributed by atoms with Crippen molar-refractivity contribution in [2.24, 2.45) is 17.8 Å². The Hall–Kier alpha value is -0.460. The highest BCUT2D eigenvalue weighted by Gasteiger charge is 2.48. The van der Waals surface area contributed by atoms with Gasteiger partial charge in [0.15, 0.2) is 0 Å². The highest BCUT2D eigenvalue weighted by atomic mass is 16.5. The van der Waals surface area contributed by atoms with Crippen LogP contribution in [0, 0.1) is 17.8 Å². The molecule has 1 heterocycles. The lowest BCUT2D eigenvalue weighted by molar-refractivity contribution is 0.0308. The van der Waals surface area contributed by atoms with Gasteiger partial charge < -0.3 is 4.74 Å². The van der Waals surface area contributed by atoms with Crippen molar-refractivity contribution in [3.05, 3.63) is 12.3 Å². The summed E-state index contributed by atoms with van der Waals surface area (Å²) in [5.74, 6) is 2.81. The minimum Gasteiger partial charge on any atom is -0.498 e. The minimum absolute atomic E-state index is 0.610. The first-order chi connectivity index (χ1) is 5.45. The van der Waals surface area contributed by atoms with Gasteiger partial charge in [-0.15, -0.1) is 0 Å². The molecule has 60 valence electrons. The maximum atomic E-state index is 5.66. The molecule has 1 heteroatoms. The van der Waals surface area contributed by atoms with E-state index in [0.29, 0.717) is 6.10 Å². The molecule has 2 fully saturated rings. The van der Waals surface area contributed by atoms with Crippen molar-refractivity contribution in [1.82, 2.24) is 0 Å². The molecule has 1 aliphatic heterocycles. The topological polar surface area (TPSA) is 9.23 Å². The van der Waals surface area contributed by atoms with Gasteiger partial charge >= 0.3 is 0 Å². The Balaban J connectivity index is 1.91. The second kappa shape index (κ2) is 2.02. The summed E-state index contributed by atoms with van der Waals surface area (Å²) >= 11 is 0. The first-order valence-corrected chi connectivity index (χ1v) is 4.75. The summed E-state index contributed by atoms with van der Waals surface area (Å²) in [5.41, 5.74) is 0. The Morgan fingerprint density at radius 1 is 1.18 bits per heavy atom. The van der Waals surface area contributed by atoms with Crippen LogP contribution in [-0.4, -0.2) is 6.10 Å². The molecule has 0 aromatic heterocycles. The van der Waals surface area contributed by atoms with Crippen molar-refractivity contribution in [2.75, 3.05) is 0 Å². The number of fused-ring (bicyclic) bond motifs is 5. The Morgan fingerprint density at radius 3 is 3.00 bits per heavy atom. The predicted molar refractivity (Wildman–Crippen MR) is 43.0 cm³/mol. The summed E-state index contributed by atoms with van der Waals surface area (Å²) in [6, 6.07) is 0. The fraction of sp³-hybridized carbons (Fsp3) is 0.800. The Kier molecular flexibility index (Phi) is 1.12. The van der Waals surface area contributed by atoms with Gasteiger partial charge in [-0.05, 0) is 43.6 Å². The van der Waals surface area contributed by atoms with Crippen molar-refractivity contribution >= 4 is 0 Å². The van der Waals surface area contributed by atoms with Gasteiger partial charge in [-0.1, -0.05) is 0 Å². The highest BCUT2D eigenvalue weighted by Crippen LogP contribution is 2.52. The lowest BCUT2D eigenvalue weighted by Crippen LogP contribution is -2.30. The fourth-order valence-corrected chi connectivity index (χ4v) is 3.26. The van der Waals surface area contributed by atoms with Gasteiger partial charge in [-0.3, -0.25) is 0 Å². The zero-order valence-electron chi connectivity index (χ0n) is 6.70. The number of rotatable bonds is 0. The Labute approximate surface area is 67.4 Å². The number of hydrogen-bond donors (Lipinski definition) is 0. The summed E-state index contributed by atoms with van der Waals surface area (Å²) in [6.45, 7) is 0. The fourth-order valence-electron chi connectivity index (χ4n) is 3.26. The second-order valence-electron chi connectivity index (χ2n) is 4.21. The van der Waals surface area contributed by atoms with Crippen LogP contribution in [0.2, 0.25) is 0 Å². The normalized spacial score (nSPS) is 52.4. The van der Waals surface area contributed by atoms with Crippen molar-refractivity contribution in [2.45, 2.75) is 31.8 Å². The van der Waals surface area contributed by atoms with E-state index >= 15 is 0 Å². The van der Waals surface area contributed by atoms with Crippen LogP contribution in [0.25, 0.3) is 0 Å². The molecule has 11 heavy (non-hydrogen) atoms. The first-order valence-electron chi connectivity index (χ1n) is 4.75. The molecule has 0 amide bonds. The van der Waals surface area contributed by atoms with Crippen LogP contribution >= 0.6 is 0 Å². The molecule has 0 N–H and O–H groups in total. The SMILES string of the molecule is C1=CO[C@H]2[C@@H]3CC[C@@H](C3)[C@H]2C1. The Bertz CT molecular complexity index is 177. The summed E-state index contributed by atoms with van der Waals surface area (Å²) in [6.07, 6.45) is 10.4. The van der Waals surface area contributed by atoms with Gasteiger partial charge in [0.1, 0.15) is 6.10 Å². The summed E-state index contributed by atoms with van der Waals surface area (Å²) in [5, 5.41) is 0.